The summed E-state index contributed by atoms with van der Waals surface area (Å²) in [7, 11) is -4.27. The van der Waals surface area contributed by atoms with Crippen molar-refractivity contribution >= 4 is 15.7 Å². The first-order valence-electron chi connectivity index (χ1n) is 6.45. The van der Waals surface area contributed by atoms with Crippen LogP contribution in [0, 0.1) is 15.9 Å². The number of nitro benzene ring substituents is 1. The number of hydrogen-bond donors (Lipinski definition) is 1. The van der Waals surface area contributed by atoms with Gasteiger partial charge in [0.25, 0.3) is 15.7 Å². The van der Waals surface area contributed by atoms with Crippen molar-refractivity contribution < 1.29 is 17.7 Å². The van der Waals surface area contributed by atoms with Gasteiger partial charge in [-0.1, -0.05) is 6.07 Å². The normalized spacial score (nSPS) is 24.0. The van der Waals surface area contributed by atoms with Crippen molar-refractivity contribution in [2.45, 2.75) is 30.8 Å². The van der Waals surface area contributed by atoms with E-state index in [-0.39, 0.29) is 12.6 Å². The summed E-state index contributed by atoms with van der Waals surface area (Å²) < 4.78 is 40.4. The van der Waals surface area contributed by atoms with E-state index in [2.05, 4.69) is 5.32 Å². The number of piperazine rings is 1. The minimum Gasteiger partial charge on any atom is -0.311 e. The van der Waals surface area contributed by atoms with Crippen LogP contribution in [0.1, 0.15) is 13.8 Å². The molecule has 0 amide bonds. The van der Waals surface area contributed by atoms with Gasteiger partial charge >= 0.3 is 0 Å². The van der Waals surface area contributed by atoms with Gasteiger partial charge in [0, 0.05) is 31.2 Å². The van der Waals surface area contributed by atoms with Crippen molar-refractivity contribution in [3.63, 3.8) is 0 Å². The zero-order valence-electron chi connectivity index (χ0n) is 11.6. The molecule has 0 aliphatic carbocycles. The fourth-order valence-corrected chi connectivity index (χ4v) is 4.29. The lowest BCUT2D eigenvalue weighted by molar-refractivity contribution is -0.388. The van der Waals surface area contributed by atoms with Gasteiger partial charge in [-0.3, -0.25) is 10.1 Å². The lowest BCUT2D eigenvalue weighted by Crippen LogP contribution is -2.57. The molecule has 1 aliphatic rings. The SMILES string of the molecule is CC1NCCN(S(=O)(=O)c2c(F)cccc2[N+](=O)[O-])C1C. The maximum Gasteiger partial charge on any atom is 0.292 e. The molecule has 2 atom stereocenters. The topological polar surface area (TPSA) is 92.6 Å². The van der Waals surface area contributed by atoms with Crippen LogP contribution >= 0.6 is 0 Å². The number of nitrogens with zero attached hydrogens (tertiary/aromatic N) is 2. The molecule has 7 nitrogen and oxygen atoms in total. The van der Waals surface area contributed by atoms with Gasteiger partial charge in [0.2, 0.25) is 0 Å². The van der Waals surface area contributed by atoms with Crippen LogP contribution in [0.15, 0.2) is 23.1 Å². The van der Waals surface area contributed by atoms with E-state index in [0.717, 1.165) is 22.5 Å². The summed E-state index contributed by atoms with van der Waals surface area (Å²) in [5.74, 6) is -1.11. The Balaban J connectivity index is 2.57. The second-order valence-electron chi connectivity index (χ2n) is 4.94. The number of sulfonamides is 1. The molecule has 21 heavy (non-hydrogen) atoms. The molecule has 116 valence electrons. The smallest absolute Gasteiger partial charge is 0.292 e. The fourth-order valence-electron chi connectivity index (χ4n) is 2.38. The quantitative estimate of drug-likeness (QED) is 0.666. The van der Waals surface area contributed by atoms with E-state index >= 15 is 0 Å². The van der Waals surface area contributed by atoms with Crippen molar-refractivity contribution in [3.8, 4) is 0 Å². The third-order valence-corrected chi connectivity index (χ3v) is 5.74. The molecule has 0 bridgehead atoms. The Bertz CT molecular complexity index is 664. The van der Waals surface area contributed by atoms with Crippen LogP contribution in [0.5, 0.6) is 0 Å². The van der Waals surface area contributed by atoms with Crippen molar-refractivity contribution in [3.05, 3.63) is 34.1 Å². The minimum atomic E-state index is -4.27. The molecule has 9 heteroatoms. The number of halogens is 1. The molecule has 0 spiro atoms. The lowest BCUT2D eigenvalue weighted by atomic mass is 10.1. The fraction of sp³-hybridized carbons (Fsp3) is 0.500. The van der Waals surface area contributed by atoms with Crippen LogP contribution in [0.4, 0.5) is 10.1 Å². The Labute approximate surface area is 122 Å². The van der Waals surface area contributed by atoms with Gasteiger partial charge in [0.1, 0.15) is 5.82 Å². The molecule has 0 saturated carbocycles. The summed E-state index contributed by atoms with van der Waals surface area (Å²) >= 11 is 0. The standard InChI is InChI=1S/C12H16FN3O4S/c1-8-9(2)15(7-6-14-8)21(19,20)12-10(13)4-3-5-11(12)16(17)18/h3-5,8-9,14H,6-7H2,1-2H3. The van der Waals surface area contributed by atoms with Gasteiger partial charge < -0.3 is 5.32 Å². The summed E-state index contributed by atoms with van der Waals surface area (Å²) in [5.41, 5.74) is -0.742. The Morgan fingerprint density at radius 1 is 1.43 bits per heavy atom. The zero-order chi connectivity index (χ0) is 15.8. The second-order valence-corrected chi connectivity index (χ2v) is 6.77. The molecule has 0 aromatic heterocycles. The molecular formula is C12H16FN3O4S. The van der Waals surface area contributed by atoms with Gasteiger partial charge in [-0.15, -0.1) is 0 Å². The molecule has 0 radical (unpaired) electrons. The number of nitro groups is 1. The van der Waals surface area contributed by atoms with Gasteiger partial charge in [-0.25, -0.2) is 12.8 Å². The molecule has 1 aromatic carbocycles. The average Bonchev–Trinajstić information content (AvgIpc) is 2.41. The highest BCUT2D eigenvalue weighted by Crippen LogP contribution is 2.31. The van der Waals surface area contributed by atoms with Crippen molar-refractivity contribution in [1.29, 1.82) is 0 Å². The highest BCUT2D eigenvalue weighted by molar-refractivity contribution is 7.89. The van der Waals surface area contributed by atoms with E-state index in [4.69, 9.17) is 0 Å². The molecule has 1 aromatic rings. The number of hydrogen-bond acceptors (Lipinski definition) is 5. The summed E-state index contributed by atoms with van der Waals surface area (Å²) in [6.07, 6.45) is 0. The Kier molecular flexibility index (Phi) is 4.26. The summed E-state index contributed by atoms with van der Waals surface area (Å²) in [5, 5.41) is 14.1. The van der Waals surface area contributed by atoms with Crippen LogP contribution in [0.3, 0.4) is 0 Å². The van der Waals surface area contributed by atoms with Crippen molar-refractivity contribution in [2.24, 2.45) is 0 Å². The molecule has 2 unspecified atom stereocenters. The first kappa shape index (κ1) is 15.8. The molecule has 1 N–H and O–H groups in total. The second kappa shape index (κ2) is 5.66. The molecular weight excluding hydrogens is 301 g/mol. The van der Waals surface area contributed by atoms with Crippen LogP contribution in [-0.2, 0) is 10.0 Å². The zero-order valence-corrected chi connectivity index (χ0v) is 12.4. The van der Waals surface area contributed by atoms with Crippen molar-refractivity contribution in [1.82, 2.24) is 9.62 Å². The number of benzene rings is 1. The average molecular weight is 317 g/mol. The van der Waals surface area contributed by atoms with E-state index in [9.17, 15) is 22.9 Å². The van der Waals surface area contributed by atoms with E-state index in [1.165, 1.54) is 0 Å². The van der Waals surface area contributed by atoms with Crippen LogP contribution in [0.25, 0.3) is 0 Å². The molecule has 1 heterocycles. The number of nitrogens with one attached hydrogen (secondary N) is 1. The van der Waals surface area contributed by atoms with E-state index in [1.807, 2.05) is 6.92 Å². The lowest BCUT2D eigenvalue weighted by Gasteiger charge is -2.37. The van der Waals surface area contributed by atoms with Gasteiger partial charge in [-0.2, -0.15) is 4.31 Å². The predicted molar refractivity (Wildman–Crippen MR) is 73.9 cm³/mol. The summed E-state index contributed by atoms with van der Waals surface area (Å²) in [6, 6.07) is 2.47. The molecule has 1 saturated heterocycles. The highest BCUT2D eigenvalue weighted by Gasteiger charge is 2.40. The van der Waals surface area contributed by atoms with Gasteiger partial charge in [-0.05, 0) is 19.9 Å². The minimum absolute atomic E-state index is 0.126. The van der Waals surface area contributed by atoms with Gasteiger partial charge in [0.05, 0.1) is 4.92 Å². The predicted octanol–water partition coefficient (Wildman–Crippen LogP) is 1.10. The monoisotopic (exact) mass is 317 g/mol. The molecule has 1 aliphatic heterocycles. The highest BCUT2D eigenvalue weighted by atomic mass is 32.2. The van der Waals surface area contributed by atoms with E-state index in [0.29, 0.717) is 6.54 Å². The Morgan fingerprint density at radius 3 is 2.71 bits per heavy atom. The summed E-state index contributed by atoms with van der Waals surface area (Å²) in [6.45, 7) is 4.04. The van der Waals surface area contributed by atoms with Crippen LogP contribution in [-0.4, -0.2) is 42.8 Å². The largest absolute Gasteiger partial charge is 0.311 e. The first-order valence-corrected chi connectivity index (χ1v) is 7.89. The molecule has 2 rings (SSSR count). The third-order valence-electron chi connectivity index (χ3n) is 3.69. The van der Waals surface area contributed by atoms with Gasteiger partial charge in [0.15, 0.2) is 4.90 Å². The Hall–Kier alpha value is -1.58. The third kappa shape index (κ3) is 2.76. The maximum absolute atomic E-state index is 14.0. The van der Waals surface area contributed by atoms with E-state index in [1.54, 1.807) is 6.92 Å². The van der Waals surface area contributed by atoms with Crippen LogP contribution in [0.2, 0.25) is 0 Å². The van der Waals surface area contributed by atoms with E-state index < -0.39 is 37.4 Å². The van der Waals surface area contributed by atoms with Crippen molar-refractivity contribution in [2.75, 3.05) is 13.1 Å². The van der Waals surface area contributed by atoms with Crippen LogP contribution < -0.4 is 5.32 Å². The molecule has 1 fully saturated rings. The first-order chi connectivity index (χ1) is 9.76. The Morgan fingerprint density at radius 2 is 2.10 bits per heavy atom. The summed E-state index contributed by atoms with van der Waals surface area (Å²) in [4.78, 5) is 9.25. The number of rotatable bonds is 3. The maximum atomic E-state index is 14.0.